The van der Waals surface area contributed by atoms with E-state index < -0.39 is 71.2 Å². The summed E-state index contributed by atoms with van der Waals surface area (Å²) in [5.41, 5.74) is 0. The molecule has 0 amide bonds. The first-order valence-electron chi connectivity index (χ1n) is 25.9. The van der Waals surface area contributed by atoms with Gasteiger partial charge in [0.05, 0.1) is 6.61 Å². The summed E-state index contributed by atoms with van der Waals surface area (Å²) in [6.07, 6.45) is 37.9. The minimum Gasteiger partial charge on any atom is -0.462 e. The van der Waals surface area contributed by atoms with Crippen LogP contribution in [0.3, 0.4) is 0 Å². The molecule has 1 aliphatic rings. The van der Waals surface area contributed by atoms with E-state index in [-0.39, 0.29) is 19.4 Å². The number of hydrogen-bond donors (Lipinski definition) is 4. The minimum absolute atomic E-state index is 0.151. The number of unbranched alkanes of at least 4 members (excludes halogenated alkanes) is 28. The SMILES string of the molecule is CCCCCC/C=C\C/C=C\CCCCCCCC(=O)OC(COC(=O)CCCCCCCCCCCCCCCCCCCCCC)COC1OC(CS(=O)(=O)O)C(O)C(O)C1O. The molecule has 13 heteroatoms. The second kappa shape index (κ2) is 41.3. The van der Waals surface area contributed by atoms with E-state index in [9.17, 15) is 37.9 Å². The van der Waals surface area contributed by atoms with Gasteiger partial charge in [-0.15, -0.1) is 0 Å². The molecule has 0 aromatic carbocycles. The van der Waals surface area contributed by atoms with Gasteiger partial charge in [-0.3, -0.25) is 14.1 Å². The number of carbonyl (C=O) groups is 2. The number of hydrogen-bond acceptors (Lipinski definition) is 11. The molecule has 0 aromatic rings. The maximum Gasteiger partial charge on any atom is 0.306 e. The number of esters is 2. The zero-order valence-corrected chi connectivity index (χ0v) is 41.2. The Bertz CT molecular complexity index is 1270. The van der Waals surface area contributed by atoms with Gasteiger partial charge in [-0.25, -0.2) is 0 Å². The lowest BCUT2D eigenvalue weighted by Crippen LogP contribution is -2.60. The van der Waals surface area contributed by atoms with Crippen molar-refractivity contribution in [2.45, 2.75) is 269 Å². The van der Waals surface area contributed by atoms with Crippen molar-refractivity contribution < 1.29 is 56.8 Å². The van der Waals surface area contributed by atoms with E-state index in [1.54, 1.807) is 0 Å². The van der Waals surface area contributed by atoms with E-state index in [0.717, 1.165) is 64.2 Å². The predicted molar refractivity (Wildman–Crippen MR) is 256 cm³/mol. The molecular formula is C51H94O12S. The molecule has 0 bridgehead atoms. The average Bonchev–Trinajstić information content (AvgIpc) is 3.26. The molecule has 0 saturated carbocycles. The average molecular weight is 931 g/mol. The maximum absolute atomic E-state index is 12.9. The zero-order valence-electron chi connectivity index (χ0n) is 40.4. The first kappa shape index (κ1) is 60.1. The summed E-state index contributed by atoms with van der Waals surface area (Å²) < 4.78 is 54.2. The molecule has 12 nitrogen and oxygen atoms in total. The molecule has 1 fully saturated rings. The van der Waals surface area contributed by atoms with Crippen LogP contribution in [-0.2, 0) is 38.7 Å². The van der Waals surface area contributed by atoms with Crippen molar-refractivity contribution in [3.63, 3.8) is 0 Å². The summed E-state index contributed by atoms with van der Waals surface area (Å²) in [6.45, 7) is 3.77. The topological polar surface area (TPSA) is 186 Å². The van der Waals surface area contributed by atoms with Crippen molar-refractivity contribution >= 4 is 22.1 Å². The number of rotatable bonds is 44. The molecule has 0 aromatic heterocycles. The molecular weight excluding hydrogens is 837 g/mol. The quantitative estimate of drug-likeness (QED) is 0.0196. The summed E-state index contributed by atoms with van der Waals surface area (Å²) in [4.78, 5) is 25.5. The molecule has 0 aliphatic carbocycles. The van der Waals surface area contributed by atoms with Crippen LogP contribution in [-0.4, -0.2) is 96.0 Å². The normalized spacial score (nSPS) is 19.8. The summed E-state index contributed by atoms with van der Waals surface area (Å²) in [6, 6.07) is 0. The smallest absolute Gasteiger partial charge is 0.306 e. The van der Waals surface area contributed by atoms with Crippen molar-refractivity contribution in [3.8, 4) is 0 Å². The molecule has 64 heavy (non-hydrogen) atoms. The van der Waals surface area contributed by atoms with Crippen LogP contribution in [0.25, 0.3) is 0 Å². The van der Waals surface area contributed by atoms with Crippen LogP contribution in [0.15, 0.2) is 24.3 Å². The third kappa shape index (κ3) is 35.3. The van der Waals surface area contributed by atoms with Crippen LogP contribution in [0.1, 0.15) is 232 Å². The Balaban J connectivity index is 2.36. The molecule has 1 rings (SSSR count). The highest BCUT2D eigenvalue weighted by Gasteiger charge is 2.46. The first-order chi connectivity index (χ1) is 31.0. The van der Waals surface area contributed by atoms with Gasteiger partial charge in [-0.2, -0.15) is 8.42 Å². The molecule has 1 aliphatic heterocycles. The van der Waals surface area contributed by atoms with E-state index in [1.165, 1.54) is 128 Å². The van der Waals surface area contributed by atoms with Gasteiger partial charge >= 0.3 is 11.9 Å². The Kier molecular flexibility index (Phi) is 38.8. The number of aliphatic hydroxyl groups excluding tert-OH is 3. The number of ether oxygens (including phenoxy) is 4. The highest BCUT2D eigenvalue weighted by molar-refractivity contribution is 7.85. The second-order valence-electron chi connectivity index (χ2n) is 18.2. The Morgan fingerprint density at radius 2 is 0.938 bits per heavy atom. The Hall–Kier alpha value is -1.87. The highest BCUT2D eigenvalue weighted by Crippen LogP contribution is 2.24. The van der Waals surface area contributed by atoms with Crippen molar-refractivity contribution in [2.24, 2.45) is 0 Å². The first-order valence-corrected chi connectivity index (χ1v) is 27.5. The van der Waals surface area contributed by atoms with Gasteiger partial charge in [-0.1, -0.05) is 199 Å². The Labute approximate surface area is 389 Å². The lowest BCUT2D eigenvalue weighted by atomic mass is 10.00. The van der Waals surface area contributed by atoms with Gasteiger partial charge in [0.2, 0.25) is 0 Å². The van der Waals surface area contributed by atoms with Crippen molar-refractivity contribution in [3.05, 3.63) is 24.3 Å². The summed E-state index contributed by atoms with van der Waals surface area (Å²) in [7, 11) is -4.60. The third-order valence-electron chi connectivity index (χ3n) is 12.0. The van der Waals surface area contributed by atoms with Gasteiger partial charge in [0, 0.05) is 12.8 Å². The lowest BCUT2D eigenvalue weighted by Gasteiger charge is -2.40. The van der Waals surface area contributed by atoms with E-state index in [2.05, 4.69) is 38.2 Å². The summed E-state index contributed by atoms with van der Waals surface area (Å²) in [5.74, 6) is -1.99. The van der Waals surface area contributed by atoms with E-state index in [0.29, 0.717) is 12.8 Å². The zero-order chi connectivity index (χ0) is 46.9. The molecule has 6 unspecified atom stereocenters. The van der Waals surface area contributed by atoms with Gasteiger partial charge in [-0.05, 0) is 44.9 Å². The van der Waals surface area contributed by atoms with Crippen LogP contribution in [0.4, 0.5) is 0 Å². The highest BCUT2D eigenvalue weighted by atomic mass is 32.2. The van der Waals surface area contributed by atoms with Gasteiger partial charge < -0.3 is 34.3 Å². The molecule has 6 atom stereocenters. The van der Waals surface area contributed by atoms with Gasteiger partial charge in [0.1, 0.15) is 36.8 Å². The van der Waals surface area contributed by atoms with Crippen molar-refractivity contribution in [2.75, 3.05) is 19.0 Å². The Morgan fingerprint density at radius 3 is 1.39 bits per heavy atom. The minimum atomic E-state index is -4.60. The fraction of sp³-hybridized carbons (Fsp3) is 0.882. The fourth-order valence-corrected chi connectivity index (χ4v) is 8.69. The van der Waals surface area contributed by atoms with Crippen LogP contribution >= 0.6 is 0 Å². The van der Waals surface area contributed by atoms with Crippen LogP contribution in [0.5, 0.6) is 0 Å². The summed E-state index contributed by atoms with van der Waals surface area (Å²) in [5, 5.41) is 31.0. The molecule has 376 valence electrons. The lowest BCUT2D eigenvalue weighted by molar-refractivity contribution is -0.297. The van der Waals surface area contributed by atoms with Gasteiger partial charge in [0.25, 0.3) is 10.1 Å². The van der Waals surface area contributed by atoms with Crippen LogP contribution < -0.4 is 0 Å². The van der Waals surface area contributed by atoms with E-state index in [4.69, 9.17) is 18.9 Å². The summed E-state index contributed by atoms with van der Waals surface area (Å²) >= 11 is 0. The largest absolute Gasteiger partial charge is 0.462 e. The van der Waals surface area contributed by atoms with E-state index >= 15 is 0 Å². The molecule has 4 N–H and O–H groups in total. The van der Waals surface area contributed by atoms with E-state index in [1.807, 2.05) is 0 Å². The van der Waals surface area contributed by atoms with Crippen molar-refractivity contribution in [1.82, 2.24) is 0 Å². The number of carbonyl (C=O) groups excluding carboxylic acids is 2. The Morgan fingerprint density at radius 1 is 0.531 bits per heavy atom. The van der Waals surface area contributed by atoms with Gasteiger partial charge in [0.15, 0.2) is 12.4 Å². The third-order valence-corrected chi connectivity index (χ3v) is 12.8. The maximum atomic E-state index is 12.9. The fourth-order valence-electron chi connectivity index (χ4n) is 8.00. The molecule has 0 radical (unpaired) electrons. The van der Waals surface area contributed by atoms with Crippen LogP contribution in [0, 0.1) is 0 Å². The monoisotopic (exact) mass is 931 g/mol. The number of aliphatic hydroxyl groups is 3. The van der Waals surface area contributed by atoms with Crippen molar-refractivity contribution in [1.29, 1.82) is 0 Å². The molecule has 0 spiro atoms. The predicted octanol–water partition coefficient (Wildman–Crippen LogP) is 11.6. The standard InChI is InChI=1S/C51H94O12S/c1-3-5-7-9-11-13-15-17-19-21-22-23-24-26-27-29-31-33-35-37-39-46(52)60-41-44(42-61-51-50(56)49(55)48(54)45(63-51)43-64(57,58)59)62-47(53)40-38-36-34-32-30-28-25-20-18-16-14-12-10-8-6-4-2/h14,16,20,25,44-45,48-51,54-56H,3-13,15,17-19,21-24,26-43H2,1-2H3,(H,57,58,59)/b16-14-,25-20-. The van der Waals surface area contributed by atoms with Crippen LogP contribution in [0.2, 0.25) is 0 Å². The molecule has 1 saturated heterocycles. The molecule has 1 heterocycles. The second-order valence-corrected chi connectivity index (χ2v) is 19.7. The number of allylic oxidation sites excluding steroid dienone is 4.